The van der Waals surface area contributed by atoms with E-state index < -0.39 is 5.91 Å². The molecule has 3 rings (SSSR count). The monoisotopic (exact) mass is 664 g/mol. The van der Waals surface area contributed by atoms with Crippen molar-refractivity contribution in [2.75, 3.05) is 5.32 Å². The molecular weight excluding hydrogens is 647 g/mol. The van der Waals surface area contributed by atoms with Gasteiger partial charge in [-0.1, -0.05) is 40.2 Å². The van der Waals surface area contributed by atoms with Gasteiger partial charge >= 0.3 is 0 Å². The normalized spacial score (nSPS) is 11.1. The minimum atomic E-state index is -0.442. The number of nitriles is 1. The number of carbonyl (C=O) groups is 1. The third-order valence-corrected chi connectivity index (χ3v) is 6.55. The minimum absolute atomic E-state index is 0.0251. The predicted octanol–water partition coefficient (Wildman–Crippen LogP) is 7.56. The fraction of sp³-hybridized carbons (Fsp3) is 0.120. The van der Waals surface area contributed by atoms with Gasteiger partial charge in [-0.2, -0.15) is 5.26 Å². The van der Waals surface area contributed by atoms with Crippen LogP contribution in [0.1, 0.15) is 22.3 Å². The van der Waals surface area contributed by atoms with Crippen LogP contribution in [0.15, 0.2) is 69.1 Å². The molecule has 0 aromatic heterocycles. The topological polar surface area (TPSA) is 62.1 Å². The number of halogens is 3. The molecule has 3 aromatic rings. The van der Waals surface area contributed by atoms with E-state index in [1.807, 2.05) is 74.5 Å². The van der Waals surface area contributed by atoms with E-state index in [1.165, 1.54) is 0 Å². The fourth-order valence-electron chi connectivity index (χ4n) is 2.91. The van der Waals surface area contributed by atoms with Crippen molar-refractivity contribution in [2.24, 2.45) is 0 Å². The van der Waals surface area contributed by atoms with Gasteiger partial charge in [0.2, 0.25) is 0 Å². The van der Waals surface area contributed by atoms with Crippen LogP contribution in [0, 0.1) is 28.7 Å². The van der Waals surface area contributed by atoms with Gasteiger partial charge < -0.3 is 10.1 Å². The van der Waals surface area contributed by atoms with Crippen LogP contribution in [0.2, 0.25) is 0 Å². The molecule has 0 aliphatic rings. The van der Waals surface area contributed by atoms with Gasteiger partial charge in [-0.3, -0.25) is 4.79 Å². The third kappa shape index (κ3) is 6.44. The molecule has 3 aromatic carbocycles. The van der Waals surface area contributed by atoms with Gasteiger partial charge in [0.15, 0.2) is 0 Å². The maximum absolute atomic E-state index is 12.7. The summed E-state index contributed by atoms with van der Waals surface area (Å²) in [5.41, 5.74) is 4.47. The van der Waals surface area contributed by atoms with Gasteiger partial charge in [-0.05, 0) is 111 Å². The Bertz CT molecular complexity index is 1210. The highest BCUT2D eigenvalue weighted by Gasteiger charge is 2.14. The van der Waals surface area contributed by atoms with Crippen LogP contribution >= 0.6 is 54.5 Å². The number of ether oxygens (including phenoxy) is 1. The zero-order valence-corrected chi connectivity index (χ0v) is 22.7. The molecule has 0 saturated carbocycles. The van der Waals surface area contributed by atoms with Crippen molar-refractivity contribution in [3.8, 4) is 11.8 Å². The molecule has 0 radical (unpaired) electrons. The maximum atomic E-state index is 12.7. The third-order valence-electron chi connectivity index (χ3n) is 4.63. The van der Waals surface area contributed by atoms with Gasteiger partial charge in [0.1, 0.15) is 24.0 Å². The van der Waals surface area contributed by atoms with Gasteiger partial charge in [-0.15, -0.1) is 0 Å². The Morgan fingerprint density at radius 3 is 2.50 bits per heavy atom. The van der Waals surface area contributed by atoms with E-state index in [2.05, 4.69) is 59.8 Å². The summed E-state index contributed by atoms with van der Waals surface area (Å²) >= 11 is 9.17. The molecule has 7 heteroatoms. The molecule has 1 amide bonds. The van der Waals surface area contributed by atoms with Crippen molar-refractivity contribution in [3.63, 3.8) is 0 Å². The summed E-state index contributed by atoms with van der Waals surface area (Å²) in [6.45, 7) is 4.30. The second kappa shape index (κ2) is 11.1. The van der Waals surface area contributed by atoms with E-state index in [1.54, 1.807) is 6.08 Å². The molecule has 0 atom stereocenters. The number of nitrogens with zero attached hydrogens (tertiary/aromatic N) is 1. The van der Waals surface area contributed by atoms with Gasteiger partial charge in [0.25, 0.3) is 5.91 Å². The van der Waals surface area contributed by atoms with Crippen molar-refractivity contribution in [2.45, 2.75) is 20.5 Å². The van der Waals surface area contributed by atoms with Crippen LogP contribution in [-0.4, -0.2) is 5.91 Å². The summed E-state index contributed by atoms with van der Waals surface area (Å²) in [5.74, 6) is 0.270. The van der Waals surface area contributed by atoms with E-state index in [0.717, 1.165) is 34.8 Å². The molecule has 32 heavy (non-hydrogen) atoms. The molecule has 0 fully saturated rings. The molecule has 0 aliphatic heterocycles. The molecule has 0 unspecified atom stereocenters. The van der Waals surface area contributed by atoms with Crippen molar-refractivity contribution in [3.05, 3.63) is 94.9 Å². The lowest BCUT2D eigenvalue weighted by Gasteiger charge is -2.12. The van der Waals surface area contributed by atoms with Crippen molar-refractivity contribution in [1.82, 2.24) is 0 Å². The SMILES string of the molecule is Cc1ccc(C)c(NC(=O)/C(C#N)=C/c2cc(Br)c(OCc3ccc(Br)cc3)c(I)c2)c1. The van der Waals surface area contributed by atoms with Crippen molar-refractivity contribution < 1.29 is 9.53 Å². The lowest BCUT2D eigenvalue weighted by atomic mass is 10.1. The number of benzene rings is 3. The number of rotatable bonds is 6. The van der Waals surface area contributed by atoms with E-state index in [0.29, 0.717) is 18.0 Å². The summed E-state index contributed by atoms with van der Waals surface area (Å²) in [5, 5.41) is 12.4. The summed E-state index contributed by atoms with van der Waals surface area (Å²) in [7, 11) is 0. The van der Waals surface area contributed by atoms with Crippen LogP contribution in [0.3, 0.4) is 0 Å². The first-order chi connectivity index (χ1) is 15.3. The molecule has 0 heterocycles. The number of aryl methyl sites for hydroxylation is 2. The largest absolute Gasteiger partial charge is 0.487 e. The van der Waals surface area contributed by atoms with E-state index in [4.69, 9.17) is 4.74 Å². The number of hydrogen-bond acceptors (Lipinski definition) is 3. The molecule has 4 nitrogen and oxygen atoms in total. The second-order valence-corrected chi connectivity index (χ2v) is 10.1. The molecule has 0 spiro atoms. The van der Waals surface area contributed by atoms with Crippen LogP contribution < -0.4 is 10.1 Å². The summed E-state index contributed by atoms with van der Waals surface area (Å²) in [6.07, 6.45) is 1.58. The van der Waals surface area contributed by atoms with Gasteiger partial charge in [-0.25, -0.2) is 0 Å². The number of hydrogen-bond donors (Lipinski definition) is 1. The summed E-state index contributed by atoms with van der Waals surface area (Å²) in [4.78, 5) is 12.7. The lowest BCUT2D eigenvalue weighted by molar-refractivity contribution is -0.112. The summed E-state index contributed by atoms with van der Waals surface area (Å²) in [6, 6.07) is 19.5. The Morgan fingerprint density at radius 2 is 1.84 bits per heavy atom. The first-order valence-electron chi connectivity index (χ1n) is 9.63. The second-order valence-electron chi connectivity index (χ2n) is 7.17. The quantitative estimate of drug-likeness (QED) is 0.168. The average Bonchev–Trinajstić information content (AvgIpc) is 2.75. The van der Waals surface area contributed by atoms with Crippen LogP contribution in [0.25, 0.3) is 6.08 Å². The molecule has 162 valence electrons. The Morgan fingerprint density at radius 1 is 1.12 bits per heavy atom. The van der Waals surface area contributed by atoms with Gasteiger partial charge in [0, 0.05) is 10.2 Å². The number of nitrogens with one attached hydrogen (secondary N) is 1. The standard InChI is InChI=1S/C25H19Br2IN2O2/c1-15-3-4-16(2)23(9-15)30-25(31)19(13-29)10-18-11-21(27)24(22(28)12-18)32-14-17-5-7-20(26)8-6-17/h3-12H,14H2,1-2H3,(H,30,31)/b19-10+. The molecule has 0 bridgehead atoms. The first-order valence-corrected chi connectivity index (χ1v) is 12.3. The Kier molecular flexibility index (Phi) is 8.51. The summed E-state index contributed by atoms with van der Waals surface area (Å²) < 4.78 is 8.63. The average molecular weight is 666 g/mol. The van der Waals surface area contributed by atoms with Gasteiger partial charge in [0.05, 0.1) is 8.04 Å². The highest BCUT2D eigenvalue weighted by Crippen LogP contribution is 2.33. The zero-order chi connectivity index (χ0) is 23.3. The maximum Gasteiger partial charge on any atom is 0.266 e. The van der Waals surface area contributed by atoms with Crippen LogP contribution in [-0.2, 0) is 11.4 Å². The Hall–Kier alpha value is -2.15. The predicted molar refractivity (Wildman–Crippen MR) is 143 cm³/mol. The fourth-order valence-corrected chi connectivity index (χ4v) is 4.95. The molecule has 1 N–H and O–H groups in total. The van der Waals surface area contributed by atoms with Crippen molar-refractivity contribution >= 4 is 72.1 Å². The molecule has 0 saturated heterocycles. The zero-order valence-electron chi connectivity index (χ0n) is 17.4. The van der Waals surface area contributed by atoms with E-state index in [-0.39, 0.29) is 5.57 Å². The van der Waals surface area contributed by atoms with Crippen molar-refractivity contribution in [1.29, 1.82) is 5.26 Å². The first kappa shape index (κ1) is 24.5. The lowest BCUT2D eigenvalue weighted by Crippen LogP contribution is -2.14. The highest BCUT2D eigenvalue weighted by molar-refractivity contribution is 14.1. The smallest absolute Gasteiger partial charge is 0.266 e. The Balaban J connectivity index is 1.78. The number of anilines is 1. The number of amides is 1. The van der Waals surface area contributed by atoms with Crippen LogP contribution in [0.4, 0.5) is 5.69 Å². The molecule has 0 aliphatic carbocycles. The number of carbonyl (C=O) groups excluding carboxylic acids is 1. The molecular formula is C25H19Br2IN2O2. The highest BCUT2D eigenvalue weighted by atomic mass is 127. The Labute approximate surface area is 218 Å². The van der Waals surface area contributed by atoms with E-state index >= 15 is 0 Å². The van der Waals surface area contributed by atoms with Crippen LogP contribution in [0.5, 0.6) is 5.75 Å². The van der Waals surface area contributed by atoms with E-state index in [9.17, 15) is 10.1 Å². The minimum Gasteiger partial charge on any atom is -0.487 e.